The molecule has 0 amide bonds. The van der Waals surface area contributed by atoms with Gasteiger partial charge >= 0.3 is 4.96 Å². The third-order valence-corrected chi connectivity index (χ3v) is 3.06. The molecule has 0 N–H and O–H groups in total. The highest BCUT2D eigenvalue weighted by Crippen LogP contribution is 2.10. The molecule has 0 aliphatic rings. The maximum absolute atomic E-state index is 4.48. The summed E-state index contributed by atoms with van der Waals surface area (Å²) in [5, 5.41) is 2.06. The van der Waals surface area contributed by atoms with E-state index >= 15 is 0 Å². The Hall–Kier alpha value is -0.960. The molecular formula is C9H11N2S+. The van der Waals surface area contributed by atoms with Crippen molar-refractivity contribution in [3.05, 3.63) is 28.5 Å². The predicted octanol–water partition coefficient (Wildman–Crippen LogP) is 1.81. The molecule has 62 valence electrons. The van der Waals surface area contributed by atoms with Crippen molar-refractivity contribution in [3.63, 3.8) is 0 Å². The molecule has 0 saturated heterocycles. The van der Waals surface area contributed by atoms with Crippen molar-refractivity contribution in [3.8, 4) is 0 Å². The van der Waals surface area contributed by atoms with Crippen molar-refractivity contribution < 1.29 is 4.40 Å². The summed E-state index contributed by atoms with van der Waals surface area (Å²) in [5.74, 6) is 0. The van der Waals surface area contributed by atoms with Crippen molar-refractivity contribution in [2.24, 2.45) is 0 Å². The number of nitrogens with zero attached hydrogens (tertiary/aromatic N) is 2. The predicted molar refractivity (Wildman–Crippen MR) is 49.5 cm³/mol. The van der Waals surface area contributed by atoms with E-state index in [0.717, 1.165) is 10.7 Å². The van der Waals surface area contributed by atoms with Crippen LogP contribution in [0.1, 0.15) is 17.0 Å². The quantitative estimate of drug-likeness (QED) is 0.564. The highest BCUT2D eigenvalue weighted by molar-refractivity contribution is 7.14. The lowest BCUT2D eigenvalue weighted by Gasteiger charge is -1.96. The van der Waals surface area contributed by atoms with Gasteiger partial charge in [-0.1, -0.05) is 11.3 Å². The summed E-state index contributed by atoms with van der Waals surface area (Å²) >= 11 is 1.68. The fraction of sp³-hybridized carbons (Fsp3) is 0.333. The van der Waals surface area contributed by atoms with Crippen LogP contribution in [0.2, 0.25) is 0 Å². The molecule has 0 saturated carbocycles. The second kappa shape index (κ2) is 2.52. The Morgan fingerprint density at radius 3 is 2.83 bits per heavy atom. The fourth-order valence-electron chi connectivity index (χ4n) is 1.28. The van der Waals surface area contributed by atoms with Crippen LogP contribution in [0.5, 0.6) is 0 Å². The maximum atomic E-state index is 4.48. The Labute approximate surface area is 75.5 Å². The molecular weight excluding hydrogens is 168 g/mol. The SMILES string of the molecule is Cc1nc2scc[n+]2c(C)c1C. The lowest BCUT2D eigenvalue weighted by Crippen LogP contribution is -2.25. The number of rotatable bonds is 0. The van der Waals surface area contributed by atoms with Gasteiger partial charge in [0, 0.05) is 17.9 Å². The first-order valence-electron chi connectivity index (χ1n) is 3.93. The van der Waals surface area contributed by atoms with Crippen LogP contribution in [0.4, 0.5) is 0 Å². The fourth-order valence-corrected chi connectivity index (χ4v) is 2.08. The Bertz CT molecular complexity index is 431. The smallest absolute Gasteiger partial charge is 0.190 e. The van der Waals surface area contributed by atoms with Gasteiger partial charge in [0.05, 0.1) is 0 Å². The standard InChI is InChI=1S/C9H11N2S/c1-6-7(2)10-9-11(8(6)3)4-5-12-9/h4-5H,1-3H3/q+1. The van der Waals surface area contributed by atoms with E-state index in [0.29, 0.717) is 0 Å². The normalized spacial score (nSPS) is 10.9. The maximum Gasteiger partial charge on any atom is 0.387 e. The molecule has 0 radical (unpaired) electrons. The molecule has 0 spiro atoms. The summed E-state index contributed by atoms with van der Waals surface area (Å²) in [6.45, 7) is 6.30. The van der Waals surface area contributed by atoms with Crippen LogP contribution in [0.25, 0.3) is 4.96 Å². The Morgan fingerprint density at radius 2 is 2.08 bits per heavy atom. The molecule has 0 bridgehead atoms. The zero-order valence-electron chi connectivity index (χ0n) is 7.46. The molecule has 12 heavy (non-hydrogen) atoms. The Kier molecular flexibility index (Phi) is 1.61. The van der Waals surface area contributed by atoms with Gasteiger partial charge in [0.25, 0.3) is 0 Å². The molecule has 0 unspecified atom stereocenters. The largest absolute Gasteiger partial charge is 0.387 e. The van der Waals surface area contributed by atoms with Crippen molar-refractivity contribution in [1.82, 2.24) is 4.98 Å². The van der Waals surface area contributed by atoms with Crippen LogP contribution in [0, 0.1) is 20.8 Å². The molecule has 2 nitrogen and oxygen atoms in total. The number of aryl methyl sites for hydroxylation is 2. The molecule has 3 heteroatoms. The molecule has 0 atom stereocenters. The van der Waals surface area contributed by atoms with E-state index in [1.54, 1.807) is 11.3 Å². The van der Waals surface area contributed by atoms with E-state index in [1.807, 2.05) is 0 Å². The minimum absolute atomic E-state index is 1.08. The van der Waals surface area contributed by atoms with E-state index in [2.05, 4.69) is 41.7 Å². The summed E-state index contributed by atoms with van der Waals surface area (Å²) < 4.78 is 2.13. The Balaban J connectivity index is 2.94. The lowest BCUT2D eigenvalue weighted by molar-refractivity contribution is -0.518. The average Bonchev–Trinajstić information content (AvgIpc) is 2.48. The summed E-state index contributed by atoms with van der Waals surface area (Å²) in [6.07, 6.45) is 2.06. The van der Waals surface area contributed by atoms with Crippen LogP contribution in [0.15, 0.2) is 11.6 Å². The first-order chi connectivity index (χ1) is 5.70. The molecule has 0 aliphatic carbocycles. The lowest BCUT2D eigenvalue weighted by atomic mass is 10.2. The van der Waals surface area contributed by atoms with Crippen molar-refractivity contribution in [1.29, 1.82) is 0 Å². The first kappa shape index (κ1) is 7.68. The molecule has 0 aromatic carbocycles. The van der Waals surface area contributed by atoms with Crippen LogP contribution < -0.4 is 4.40 Å². The van der Waals surface area contributed by atoms with E-state index in [4.69, 9.17) is 0 Å². The van der Waals surface area contributed by atoms with Gasteiger partial charge < -0.3 is 0 Å². The molecule has 2 aromatic rings. The number of fused-ring (bicyclic) bond motifs is 1. The minimum Gasteiger partial charge on any atom is -0.190 e. The van der Waals surface area contributed by atoms with E-state index in [1.165, 1.54) is 11.3 Å². The second-order valence-corrected chi connectivity index (χ2v) is 3.84. The van der Waals surface area contributed by atoms with Crippen molar-refractivity contribution >= 4 is 16.3 Å². The van der Waals surface area contributed by atoms with Gasteiger partial charge in [0.15, 0.2) is 5.69 Å². The van der Waals surface area contributed by atoms with Crippen molar-refractivity contribution in [2.75, 3.05) is 0 Å². The highest BCUT2D eigenvalue weighted by Gasteiger charge is 2.13. The third kappa shape index (κ3) is 0.932. The Morgan fingerprint density at radius 1 is 1.33 bits per heavy atom. The van der Waals surface area contributed by atoms with Crippen molar-refractivity contribution in [2.45, 2.75) is 20.8 Å². The third-order valence-electron chi connectivity index (χ3n) is 2.30. The van der Waals surface area contributed by atoms with E-state index in [9.17, 15) is 0 Å². The van der Waals surface area contributed by atoms with Gasteiger partial charge in [-0.25, -0.2) is 0 Å². The van der Waals surface area contributed by atoms with Gasteiger partial charge in [-0.2, -0.15) is 4.40 Å². The zero-order valence-corrected chi connectivity index (χ0v) is 8.27. The second-order valence-electron chi connectivity index (χ2n) is 2.96. The molecule has 0 fully saturated rings. The monoisotopic (exact) mass is 179 g/mol. The molecule has 2 aromatic heterocycles. The molecule has 2 heterocycles. The van der Waals surface area contributed by atoms with Gasteiger partial charge in [-0.05, 0) is 18.8 Å². The average molecular weight is 179 g/mol. The number of thiazole rings is 1. The summed E-state index contributed by atoms with van der Waals surface area (Å²) in [4.78, 5) is 5.56. The van der Waals surface area contributed by atoms with E-state index < -0.39 is 0 Å². The summed E-state index contributed by atoms with van der Waals surface area (Å²) in [7, 11) is 0. The van der Waals surface area contributed by atoms with Crippen LogP contribution in [-0.2, 0) is 0 Å². The topological polar surface area (TPSA) is 17.0 Å². The number of hydrogen-bond donors (Lipinski definition) is 0. The van der Waals surface area contributed by atoms with Gasteiger partial charge in [-0.15, -0.1) is 0 Å². The zero-order chi connectivity index (χ0) is 8.72. The van der Waals surface area contributed by atoms with Crippen LogP contribution in [0.3, 0.4) is 0 Å². The first-order valence-corrected chi connectivity index (χ1v) is 4.81. The van der Waals surface area contributed by atoms with E-state index in [-0.39, 0.29) is 0 Å². The van der Waals surface area contributed by atoms with Gasteiger partial charge in [-0.3, -0.25) is 0 Å². The van der Waals surface area contributed by atoms with Crippen LogP contribution in [-0.4, -0.2) is 4.98 Å². The van der Waals surface area contributed by atoms with Crippen LogP contribution >= 0.6 is 11.3 Å². The molecule has 2 rings (SSSR count). The summed E-state index contributed by atoms with van der Waals surface area (Å²) in [5.41, 5.74) is 3.71. The van der Waals surface area contributed by atoms with Gasteiger partial charge in [0.1, 0.15) is 11.9 Å². The van der Waals surface area contributed by atoms with Gasteiger partial charge in [0.2, 0.25) is 0 Å². The molecule has 0 aliphatic heterocycles. The number of aromatic nitrogens is 2. The summed E-state index contributed by atoms with van der Waals surface area (Å²) in [6, 6.07) is 0. The minimum atomic E-state index is 1.08. The number of hydrogen-bond acceptors (Lipinski definition) is 2. The highest BCUT2D eigenvalue weighted by atomic mass is 32.1.